The van der Waals surface area contributed by atoms with Crippen molar-refractivity contribution in [3.63, 3.8) is 0 Å². The van der Waals surface area contributed by atoms with Crippen molar-refractivity contribution in [3.8, 4) is 5.75 Å². The Balaban J connectivity index is 1.47. The minimum atomic E-state index is -1.03. The van der Waals surface area contributed by atoms with Gasteiger partial charge >= 0.3 is 0 Å². The van der Waals surface area contributed by atoms with Crippen LogP contribution in [0.2, 0.25) is 0 Å². The predicted molar refractivity (Wildman–Crippen MR) is 94.6 cm³/mol. The van der Waals surface area contributed by atoms with Crippen LogP contribution in [0.5, 0.6) is 5.75 Å². The summed E-state index contributed by atoms with van der Waals surface area (Å²) in [5, 5.41) is 2.36. The molecule has 2 saturated heterocycles. The van der Waals surface area contributed by atoms with Crippen LogP contribution < -0.4 is 10.1 Å². The zero-order valence-corrected chi connectivity index (χ0v) is 15.3. The minimum Gasteiger partial charge on any atom is -0.478 e. The van der Waals surface area contributed by atoms with Crippen LogP contribution in [0.4, 0.5) is 0 Å². The zero-order valence-electron chi connectivity index (χ0n) is 15.3. The molecular weight excluding hydrogens is 332 g/mol. The Morgan fingerprint density at radius 2 is 2.00 bits per heavy atom. The van der Waals surface area contributed by atoms with Crippen LogP contribution in [-0.2, 0) is 27.2 Å². The molecule has 1 aromatic rings. The van der Waals surface area contributed by atoms with Crippen molar-refractivity contribution in [1.82, 2.24) is 10.2 Å². The predicted octanol–water partition coefficient (Wildman–Crippen LogP) is 1.60. The first-order chi connectivity index (χ1) is 12.3. The lowest BCUT2D eigenvalue weighted by Crippen LogP contribution is -2.49. The van der Waals surface area contributed by atoms with Gasteiger partial charge in [-0.05, 0) is 62.8 Å². The number of nitrogens with zero attached hydrogens (tertiary/aromatic N) is 1. The average molecular weight is 356 g/mol. The molecule has 138 valence electrons. The van der Waals surface area contributed by atoms with Crippen LogP contribution in [0.1, 0.15) is 44.2 Å². The summed E-state index contributed by atoms with van der Waals surface area (Å²) in [6.07, 6.45) is 4.01. The maximum atomic E-state index is 13.0. The molecule has 2 heterocycles. The second-order valence-corrected chi connectivity index (χ2v) is 8.21. The molecule has 2 fully saturated rings. The van der Waals surface area contributed by atoms with Crippen molar-refractivity contribution < 1.29 is 19.1 Å². The summed E-state index contributed by atoms with van der Waals surface area (Å²) in [7, 11) is 0. The summed E-state index contributed by atoms with van der Waals surface area (Å²) in [5.41, 5.74) is 0.875. The Morgan fingerprint density at radius 3 is 2.73 bits per heavy atom. The van der Waals surface area contributed by atoms with Crippen molar-refractivity contribution in [3.05, 3.63) is 29.3 Å². The molecule has 0 bridgehead atoms. The van der Waals surface area contributed by atoms with Crippen LogP contribution in [0.25, 0.3) is 0 Å². The lowest BCUT2D eigenvalue weighted by Gasteiger charge is -2.31. The second-order valence-electron chi connectivity index (χ2n) is 8.21. The first kappa shape index (κ1) is 17.1. The molecule has 0 unspecified atom stereocenters. The third kappa shape index (κ3) is 2.77. The van der Waals surface area contributed by atoms with Gasteiger partial charge in [-0.2, -0.15) is 0 Å². The van der Waals surface area contributed by atoms with Gasteiger partial charge in [0.1, 0.15) is 5.75 Å². The number of nitrogens with one attached hydrogen (secondary N) is 1. The Morgan fingerprint density at radius 1 is 1.23 bits per heavy atom. The Hall–Kier alpha value is -2.37. The molecule has 3 amide bonds. The van der Waals surface area contributed by atoms with Crippen molar-refractivity contribution in [2.75, 3.05) is 13.1 Å². The van der Waals surface area contributed by atoms with E-state index in [9.17, 15) is 14.4 Å². The van der Waals surface area contributed by atoms with Crippen molar-refractivity contribution in [2.45, 2.75) is 51.6 Å². The van der Waals surface area contributed by atoms with Crippen molar-refractivity contribution >= 4 is 17.7 Å². The van der Waals surface area contributed by atoms with Crippen LogP contribution >= 0.6 is 0 Å². The number of imide groups is 1. The van der Waals surface area contributed by atoms with Gasteiger partial charge < -0.3 is 9.64 Å². The summed E-state index contributed by atoms with van der Waals surface area (Å²) in [4.78, 5) is 38.4. The van der Waals surface area contributed by atoms with Crippen LogP contribution in [0.15, 0.2) is 18.2 Å². The summed E-state index contributed by atoms with van der Waals surface area (Å²) in [5.74, 6) is 0.0433. The largest absolute Gasteiger partial charge is 0.478 e. The topological polar surface area (TPSA) is 75.7 Å². The molecule has 1 atom stereocenters. The number of aryl methyl sites for hydroxylation is 2. The van der Waals surface area contributed by atoms with Gasteiger partial charge in [0.15, 0.2) is 5.60 Å². The number of hydrogen-bond donors (Lipinski definition) is 1. The lowest BCUT2D eigenvalue weighted by molar-refractivity contribution is -0.145. The molecule has 6 heteroatoms. The minimum absolute atomic E-state index is 0.151. The van der Waals surface area contributed by atoms with Gasteiger partial charge in [-0.25, -0.2) is 0 Å². The number of benzene rings is 1. The van der Waals surface area contributed by atoms with E-state index < -0.39 is 11.0 Å². The fourth-order valence-corrected chi connectivity index (χ4v) is 4.40. The summed E-state index contributed by atoms with van der Waals surface area (Å²) >= 11 is 0. The number of hydrogen-bond acceptors (Lipinski definition) is 4. The number of amides is 3. The fraction of sp³-hybridized carbons (Fsp3) is 0.550. The van der Waals surface area contributed by atoms with Crippen molar-refractivity contribution in [2.24, 2.45) is 5.41 Å². The molecule has 0 aromatic heterocycles. The number of carbonyl (C=O) groups is 3. The molecule has 1 N–H and O–H groups in total. The number of rotatable bonds is 3. The number of likely N-dealkylation sites (tertiary alicyclic amines) is 1. The molecular formula is C20H24N2O4. The molecule has 3 aliphatic rings. The van der Waals surface area contributed by atoms with E-state index in [1.165, 1.54) is 11.1 Å². The maximum absolute atomic E-state index is 13.0. The highest BCUT2D eigenvalue weighted by Gasteiger charge is 2.53. The first-order valence-electron chi connectivity index (χ1n) is 9.24. The number of ether oxygens (including phenoxy) is 1. The molecule has 1 aliphatic carbocycles. The van der Waals surface area contributed by atoms with Gasteiger partial charge in [-0.3, -0.25) is 19.7 Å². The molecule has 26 heavy (non-hydrogen) atoms. The van der Waals surface area contributed by atoms with E-state index in [2.05, 4.69) is 11.4 Å². The van der Waals surface area contributed by atoms with Gasteiger partial charge in [0.25, 0.3) is 5.91 Å². The van der Waals surface area contributed by atoms with E-state index in [-0.39, 0.29) is 30.7 Å². The third-order valence-corrected chi connectivity index (χ3v) is 5.83. The molecule has 0 radical (unpaired) electrons. The number of fused-ring (bicyclic) bond motifs is 1. The smallest absolute Gasteiger partial charge is 0.266 e. The Labute approximate surface area is 152 Å². The van der Waals surface area contributed by atoms with Gasteiger partial charge in [0.2, 0.25) is 11.8 Å². The highest BCUT2D eigenvalue weighted by atomic mass is 16.5. The summed E-state index contributed by atoms with van der Waals surface area (Å²) in [6.45, 7) is 4.26. The number of carbonyl (C=O) groups excluding carboxylic acids is 3. The fourth-order valence-electron chi connectivity index (χ4n) is 4.40. The van der Waals surface area contributed by atoms with E-state index in [0.717, 1.165) is 19.3 Å². The van der Waals surface area contributed by atoms with E-state index in [0.29, 0.717) is 18.7 Å². The van der Waals surface area contributed by atoms with Crippen molar-refractivity contribution in [1.29, 1.82) is 0 Å². The van der Waals surface area contributed by atoms with Crippen LogP contribution in [0.3, 0.4) is 0 Å². The molecule has 1 aromatic carbocycles. The average Bonchev–Trinajstić information content (AvgIpc) is 3.26. The van der Waals surface area contributed by atoms with Gasteiger partial charge in [-0.1, -0.05) is 6.07 Å². The van der Waals surface area contributed by atoms with E-state index in [4.69, 9.17) is 4.74 Å². The van der Waals surface area contributed by atoms with E-state index in [1.54, 1.807) is 18.7 Å². The monoisotopic (exact) mass is 356 g/mol. The molecule has 4 rings (SSSR count). The van der Waals surface area contributed by atoms with E-state index in [1.807, 2.05) is 12.1 Å². The summed E-state index contributed by atoms with van der Waals surface area (Å²) < 4.78 is 6.04. The Bertz CT molecular complexity index is 801. The van der Waals surface area contributed by atoms with Crippen LogP contribution in [-0.4, -0.2) is 41.3 Å². The SMILES string of the molecule is CC(C)(Oc1ccc2c(c1)CCC2)C(=O)N1CC[C@]2(CC(=O)NC2=O)C1. The highest BCUT2D eigenvalue weighted by Crippen LogP contribution is 2.39. The molecule has 1 spiro atoms. The van der Waals surface area contributed by atoms with Gasteiger partial charge in [0.05, 0.1) is 5.41 Å². The second kappa shape index (κ2) is 5.83. The standard InChI is InChI=1S/C20H24N2O4/c1-19(2,26-15-7-6-13-4-3-5-14(13)10-15)18(25)22-9-8-20(12-22)11-16(23)21-17(20)24/h6-7,10H,3-5,8-9,11-12H2,1-2H3,(H,21,23,24)/t20-/m0/s1. The molecule has 0 saturated carbocycles. The molecule has 2 aliphatic heterocycles. The lowest BCUT2D eigenvalue weighted by atomic mass is 9.85. The Kier molecular flexibility index (Phi) is 3.82. The maximum Gasteiger partial charge on any atom is 0.266 e. The van der Waals surface area contributed by atoms with Crippen LogP contribution in [0, 0.1) is 5.41 Å². The highest BCUT2D eigenvalue weighted by molar-refractivity contribution is 6.06. The normalized spacial score (nSPS) is 24.9. The quantitative estimate of drug-likeness (QED) is 0.835. The van der Waals surface area contributed by atoms with E-state index >= 15 is 0 Å². The molecule has 6 nitrogen and oxygen atoms in total. The van der Waals surface area contributed by atoms with Gasteiger partial charge in [-0.15, -0.1) is 0 Å². The third-order valence-electron chi connectivity index (χ3n) is 5.83. The summed E-state index contributed by atoms with van der Waals surface area (Å²) in [6, 6.07) is 6.04. The van der Waals surface area contributed by atoms with Gasteiger partial charge in [0, 0.05) is 19.5 Å². The first-order valence-corrected chi connectivity index (χ1v) is 9.24. The zero-order chi connectivity index (χ0) is 18.5.